The van der Waals surface area contributed by atoms with Gasteiger partial charge in [-0.15, -0.1) is 0 Å². The van der Waals surface area contributed by atoms with Gasteiger partial charge in [0.1, 0.15) is 11.6 Å². The van der Waals surface area contributed by atoms with Crippen molar-refractivity contribution < 1.29 is 0 Å². The van der Waals surface area contributed by atoms with Crippen molar-refractivity contribution >= 4 is 17.3 Å². The molecule has 116 valence electrons. The number of hydrogen-bond acceptors (Lipinski definition) is 3. The highest BCUT2D eigenvalue weighted by Gasteiger charge is 2.27. The summed E-state index contributed by atoms with van der Waals surface area (Å²) < 4.78 is 4.02. The van der Waals surface area contributed by atoms with Gasteiger partial charge in [-0.05, 0) is 19.9 Å². The molecule has 0 N–H and O–H groups in total. The fraction of sp³-hybridized carbons (Fsp3) is 0.235. The van der Waals surface area contributed by atoms with Gasteiger partial charge in [0, 0.05) is 29.5 Å². The first-order chi connectivity index (χ1) is 11.1. The zero-order valence-corrected chi connectivity index (χ0v) is 14.0. The lowest BCUT2D eigenvalue weighted by Crippen LogP contribution is -2.11. The fourth-order valence-electron chi connectivity index (χ4n) is 3.17. The largest absolute Gasteiger partial charge is 0.283 e. The Balaban J connectivity index is 2.06. The van der Waals surface area contributed by atoms with E-state index < -0.39 is 0 Å². The van der Waals surface area contributed by atoms with E-state index in [0.717, 1.165) is 39.9 Å². The molecule has 1 aliphatic heterocycles. The molecule has 0 radical (unpaired) electrons. The SMILES string of the molecule is Cc1nn(C)c2c1C(c1ccccc1Cl)=NCc1ncc(C)n1-2. The van der Waals surface area contributed by atoms with Gasteiger partial charge >= 0.3 is 0 Å². The molecule has 0 saturated heterocycles. The highest BCUT2D eigenvalue weighted by atomic mass is 35.5. The van der Waals surface area contributed by atoms with Crippen LogP contribution >= 0.6 is 11.6 Å². The first kappa shape index (κ1) is 14.2. The van der Waals surface area contributed by atoms with Crippen LogP contribution in [0.3, 0.4) is 0 Å². The van der Waals surface area contributed by atoms with Gasteiger partial charge in [0.05, 0.1) is 23.5 Å². The van der Waals surface area contributed by atoms with Crippen molar-refractivity contribution in [1.82, 2.24) is 19.3 Å². The van der Waals surface area contributed by atoms with Crippen molar-refractivity contribution in [3.63, 3.8) is 0 Å². The summed E-state index contributed by atoms with van der Waals surface area (Å²) in [6.07, 6.45) is 1.87. The van der Waals surface area contributed by atoms with E-state index in [9.17, 15) is 0 Å². The number of nitrogens with zero attached hydrogens (tertiary/aromatic N) is 5. The van der Waals surface area contributed by atoms with Crippen LogP contribution < -0.4 is 0 Å². The average molecular weight is 326 g/mol. The van der Waals surface area contributed by atoms with Gasteiger partial charge in [-0.1, -0.05) is 29.8 Å². The maximum absolute atomic E-state index is 6.42. The van der Waals surface area contributed by atoms with Crippen molar-refractivity contribution in [2.24, 2.45) is 12.0 Å². The van der Waals surface area contributed by atoms with Crippen molar-refractivity contribution in [3.05, 3.63) is 63.8 Å². The monoisotopic (exact) mass is 325 g/mol. The zero-order chi connectivity index (χ0) is 16.1. The second kappa shape index (κ2) is 5.06. The lowest BCUT2D eigenvalue weighted by molar-refractivity contribution is 0.702. The molecule has 3 aromatic rings. The number of imidazole rings is 1. The summed E-state index contributed by atoms with van der Waals surface area (Å²) in [4.78, 5) is 9.32. The van der Waals surface area contributed by atoms with Crippen molar-refractivity contribution in [2.75, 3.05) is 0 Å². The highest BCUT2D eigenvalue weighted by molar-refractivity contribution is 6.35. The molecule has 0 unspecified atom stereocenters. The van der Waals surface area contributed by atoms with E-state index in [0.29, 0.717) is 11.6 Å². The van der Waals surface area contributed by atoms with Crippen LogP contribution in [-0.4, -0.2) is 25.0 Å². The molecular formula is C17H16ClN5. The topological polar surface area (TPSA) is 48.0 Å². The molecule has 5 nitrogen and oxygen atoms in total. The lowest BCUT2D eigenvalue weighted by atomic mass is 10.0. The van der Waals surface area contributed by atoms with Gasteiger partial charge in [0.15, 0.2) is 0 Å². The van der Waals surface area contributed by atoms with Gasteiger partial charge in [0.2, 0.25) is 0 Å². The Labute approximate surface area is 139 Å². The summed E-state index contributed by atoms with van der Waals surface area (Å²) in [6.45, 7) is 4.56. The highest BCUT2D eigenvalue weighted by Crippen LogP contribution is 2.30. The first-order valence-corrected chi connectivity index (χ1v) is 7.82. The van der Waals surface area contributed by atoms with E-state index in [4.69, 9.17) is 16.6 Å². The van der Waals surface area contributed by atoms with Crippen LogP contribution in [-0.2, 0) is 13.6 Å². The smallest absolute Gasteiger partial charge is 0.146 e. The fourth-order valence-corrected chi connectivity index (χ4v) is 3.39. The number of fused-ring (bicyclic) bond motifs is 3. The minimum Gasteiger partial charge on any atom is -0.283 e. The molecule has 0 atom stereocenters. The Morgan fingerprint density at radius 3 is 2.74 bits per heavy atom. The van der Waals surface area contributed by atoms with Crippen LogP contribution in [0.4, 0.5) is 0 Å². The van der Waals surface area contributed by atoms with E-state index in [2.05, 4.69) is 14.6 Å². The van der Waals surface area contributed by atoms with Crippen molar-refractivity contribution in [1.29, 1.82) is 0 Å². The molecule has 0 bridgehead atoms. The molecule has 6 heteroatoms. The zero-order valence-electron chi connectivity index (χ0n) is 13.2. The Hall–Kier alpha value is -2.40. The quantitative estimate of drug-likeness (QED) is 0.689. The van der Waals surface area contributed by atoms with E-state index >= 15 is 0 Å². The maximum Gasteiger partial charge on any atom is 0.146 e. The predicted molar refractivity (Wildman–Crippen MR) is 90.6 cm³/mol. The number of halogens is 1. The summed E-state index contributed by atoms with van der Waals surface area (Å²) in [6, 6.07) is 7.79. The number of hydrogen-bond donors (Lipinski definition) is 0. The van der Waals surface area contributed by atoms with Crippen LogP contribution in [0.5, 0.6) is 0 Å². The van der Waals surface area contributed by atoms with Crippen LogP contribution in [0, 0.1) is 13.8 Å². The van der Waals surface area contributed by atoms with E-state index in [1.807, 2.05) is 56.0 Å². The average Bonchev–Trinajstić information content (AvgIpc) is 2.94. The summed E-state index contributed by atoms with van der Waals surface area (Å²) in [5.74, 6) is 1.90. The van der Waals surface area contributed by atoms with Gasteiger partial charge in [-0.25, -0.2) is 4.98 Å². The predicted octanol–water partition coefficient (Wildman–Crippen LogP) is 3.23. The molecule has 0 aliphatic carbocycles. The third-order valence-electron chi connectivity index (χ3n) is 4.16. The summed E-state index contributed by atoms with van der Waals surface area (Å²) in [5, 5.41) is 5.29. The van der Waals surface area contributed by atoms with Crippen molar-refractivity contribution in [2.45, 2.75) is 20.4 Å². The Kier molecular flexibility index (Phi) is 3.13. The molecule has 1 aliphatic rings. The van der Waals surface area contributed by atoms with Crippen LogP contribution in [0.1, 0.15) is 28.3 Å². The summed E-state index contributed by atoms with van der Waals surface area (Å²) in [7, 11) is 1.95. The number of aliphatic imine (C=N–C) groups is 1. The molecule has 0 fully saturated rings. The number of rotatable bonds is 1. The first-order valence-electron chi connectivity index (χ1n) is 7.45. The second-order valence-electron chi connectivity index (χ2n) is 5.70. The van der Waals surface area contributed by atoms with E-state index in [-0.39, 0.29) is 0 Å². The molecule has 0 spiro atoms. The summed E-state index contributed by atoms with van der Waals surface area (Å²) in [5.41, 5.74) is 4.82. The van der Waals surface area contributed by atoms with Crippen LogP contribution in [0.15, 0.2) is 35.5 Å². The van der Waals surface area contributed by atoms with Gasteiger partial charge < -0.3 is 0 Å². The Bertz CT molecular complexity index is 948. The third-order valence-corrected chi connectivity index (χ3v) is 4.49. The molecule has 0 saturated carbocycles. The van der Waals surface area contributed by atoms with Crippen LogP contribution in [0.2, 0.25) is 5.02 Å². The lowest BCUT2D eigenvalue weighted by Gasteiger charge is -2.11. The van der Waals surface area contributed by atoms with Crippen LogP contribution in [0.25, 0.3) is 5.82 Å². The normalized spacial score (nSPS) is 13.3. The Morgan fingerprint density at radius 2 is 1.96 bits per heavy atom. The third kappa shape index (κ3) is 2.04. The van der Waals surface area contributed by atoms with Gasteiger partial charge in [-0.3, -0.25) is 14.2 Å². The molecule has 4 rings (SSSR count). The summed E-state index contributed by atoms with van der Waals surface area (Å²) >= 11 is 6.42. The maximum atomic E-state index is 6.42. The standard InChI is InChI=1S/C17H16ClN5/c1-10-8-19-14-9-20-16(12-6-4-5-7-13(12)18)15-11(2)21-22(3)17(15)23(10)14/h4-8H,9H2,1-3H3. The van der Waals surface area contributed by atoms with Gasteiger partial charge in [-0.2, -0.15) is 5.10 Å². The van der Waals surface area contributed by atoms with Crippen molar-refractivity contribution in [3.8, 4) is 5.82 Å². The number of aromatic nitrogens is 4. The van der Waals surface area contributed by atoms with Gasteiger partial charge in [0.25, 0.3) is 0 Å². The molecule has 0 amide bonds. The minimum absolute atomic E-state index is 0.516. The number of aryl methyl sites for hydroxylation is 3. The van der Waals surface area contributed by atoms with E-state index in [1.165, 1.54) is 0 Å². The molecular weight excluding hydrogens is 310 g/mol. The van der Waals surface area contributed by atoms with E-state index in [1.54, 1.807) is 0 Å². The number of benzene rings is 1. The molecule has 1 aromatic carbocycles. The molecule has 3 heterocycles. The molecule has 23 heavy (non-hydrogen) atoms. The minimum atomic E-state index is 0.516. The Morgan fingerprint density at radius 1 is 1.17 bits per heavy atom. The second-order valence-corrected chi connectivity index (χ2v) is 6.11. The molecule has 2 aromatic heterocycles.